The van der Waals surface area contributed by atoms with Gasteiger partial charge in [-0.15, -0.1) is 0 Å². The molecule has 1 saturated heterocycles. The van der Waals surface area contributed by atoms with E-state index in [0.29, 0.717) is 12.2 Å². The first-order valence-corrected chi connectivity index (χ1v) is 18.7. The monoisotopic (exact) mass is 623 g/mol. The number of allylic oxidation sites excluding steroid dienone is 1. The molecule has 0 spiro atoms. The zero-order valence-corrected chi connectivity index (χ0v) is 28.6. The number of rotatable bonds is 28. The van der Waals surface area contributed by atoms with Gasteiger partial charge in [-0.05, 0) is 63.5 Å². The summed E-state index contributed by atoms with van der Waals surface area (Å²) in [5.74, 6) is 0.692. The highest BCUT2D eigenvalue weighted by Gasteiger charge is 2.34. The minimum Gasteiger partial charge on any atom is -0.487 e. The lowest BCUT2D eigenvalue weighted by molar-refractivity contribution is -0.0786. The third kappa shape index (κ3) is 17.7. The Hall–Kier alpha value is -0.920. The van der Waals surface area contributed by atoms with E-state index in [1.165, 1.54) is 57.8 Å². The Bertz CT molecular complexity index is 754. The molecule has 44 heavy (non-hydrogen) atoms. The molecule has 6 nitrogen and oxygen atoms in total. The number of unbranched alkanes of at least 4 members (excludes halogenated alkanes) is 14. The van der Waals surface area contributed by atoms with E-state index in [9.17, 15) is 20.4 Å². The summed E-state index contributed by atoms with van der Waals surface area (Å²) in [6.07, 6.45) is 26.8. The largest absolute Gasteiger partial charge is 0.487 e. The zero-order valence-electron chi connectivity index (χ0n) is 28.6. The first-order chi connectivity index (χ1) is 21.3. The van der Waals surface area contributed by atoms with Crippen molar-refractivity contribution in [3.8, 4) is 0 Å². The van der Waals surface area contributed by atoms with Crippen molar-refractivity contribution in [1.82, 2.24) is 0 Å². The van der Waals surface area contributed by atoms with Crippen LogP contribution in [0, 0.1) is 0 Å². The van der Waals surface area contributed by atoms with Crippen LogP contribution in [0.3, 0.4) is 0 Å². The molecule has 7 atom stereocenters. The van der Waals surface area contributed by atoms with Gasteiger partial charge in [0.1, 0.15) is 11.9 Å². The average molecular weight is 623 g/mol. The lowest BCUT2D eigenvalue weighted by atomic mass is 9.99. The van der Waals surface area contributed by atoms with Crippen LogP contribution in [0.4, 0.5) is 0 Å². The molecule has 0 aromatic rings. The first kappa shape index (κ1) is 39.3. The number of ether oxygens (including phenoxy) is 2. The van der Waals surface area contributed by atoms with Crippen molar-refractivity contribution >= 4 is 0 Å². The van der Waals surface area contributed by atoms with Crippen molar-refractivity contribution in [3.05, 3.63) is 24.0 Å². The van der Waals surface area contributed by atoms with Gasteiger partial charge in [0.05, 0.1) is 36.6 Å². The Morgan fingerprint density at radius 2 is 1.05 bits per heavy atom. The maximum atomic E-state index is 10.7. The van der Waals surface area contributed by atoms with Crippen LogP contribution in [-0.2, 0) is 9.47 Å². The minimum atomic E-state index is -0.445. The van der Waals surface area contributed by atoms with Crippen LogP contribution in [-0.4, -0.2) is 63.2 Å². The van der Waals surface area contributed by atoms with Crippen LogP contribution in [0.5, 0.6) is 0 Å². The molecule has 258 valence electrons. The third-order valence-electron chi connectivity index (χ3n) is 9.74. The molecule has 0 aliphatic carbocycles. The van der Waals surface area contributed by atoms with Crippen LogP contribution in [0.15, 0.2) is 24.0 Å². The lowest BCUT2D eigenvalue weighted by Crippen LogP contribution is -2.31. The van der Waals surface area contributed by atoms with Crippen molar-refractivity contribution < 1.29 is 29.9 Å². The van der Waals surface area contributed by atoms with Gasteiger partial charge in [-0.25, -0.2) is 0 Å². The van der Waals surface area contributed by atoms with Gasteiger partial charge in [0.25, 0.3) is 0 Å². The van der Waals surface area contributed by atoms with Crippen LogP contribution in [0.1, 0.15) is 174 Å². The summed E-state index contributed by atoms with van der Waals surface area (Å²) in [5.41, 5.74) is 1.03. The Morgan fingerprint density at radius 3 is 1.50 bits per heavy atom. The van der Waals surface area contributed by atoms with E-state index in [0.717, 1.165) is 102 Å². The number of aliphatic hydroxyl groups is 4. The highest BCUT2D eigenvalue weighted by Crippen LogP contribution is 2.29. The van der Waals surface area contributed by atoms with Crippen molar-refractivity contribution in [3.63, 3.8) is 0 Å². The zero-order chi connectivity index (χ0) is 32.0. The second-order valence-electron chi connectivity index (χ2n) is 14.0. The van der Waals surface area contributed by atoms with Gasteiger partial charge in [0.15, 0.2) is 0 Å². The molecule has 2 aliphatic rings. The topological polar surface area (TPSA) is 99.4 Å². The van der Waals surface area contributed by atoms with E-state index >= 15 is 0 Å². The predicted octanol–water partition coefficient (Wildman–Crippen LogP) is 8.83. The summed E-state index contributed by atoms with van der Waals surface area (Å²) in [5, 5.41) is 41.9. The molecular formula is C38H70O6. The van der Waals surface area contributed by atoms with E-state index in [4.69, 9.17) is 9.47 Å². The smallest absolute Gasteiger partial charge is 0.116 e. The lowest BCUT2D eigenvalue weighted by Gasteiger charge is -2.22. The van der Waals surface area contributed by atoms with Crippen molar-refractivity contribution in [2.75, 3.05) is 0 Å². The molecule has 0 bridgehead atoms. The fraction of sp³-hybridized carbons (Fsp3) is 0.895. The van der Waals surface area contributed by atoms with Gasteiger partial charge < -0.3 is 29.9 Å². The molecule has 0 aromatic carbocycles. The third-order valence-corrected chi connectivity index (χ3v) is 9.74. The highest BCUT2D eigenvalue weighted by atomic mass is 16.5. The highest BCUT2D eigenvalue weighted by molar-refractivity contribution is 5.29. The summed E-state index contributed by atoms with van der Waals surface area (Å²) < 4.78 is 11.6. The summed E-state index contributed by atoms with van der Waals surface area (Å²) in [6, 6.07) is 0. The molecule has 0 aromatic heterocycles. The van der Waals surface area contributed by atoms with Gasteiger partial charge in [-0.1, -0.05) is 123 Å². The van der Waals surface area contributed by atoms with E-state index in [2.05, 4.69) is 13.5 Å². The van der Waals surface area contributed by atoms with E-state index in [1.807, 2.05) is 13.0 Å². The normalized spacial score (nSPS) is 23.0. The fourth-order valence-electron chi connectivity index (χ4n) is 6.88. The summed E-state index contributed by atoms with van der Waals surface area (Å²) in [7, 11) is 0. The molecule has 4 N–H and O–H groups in total. The van der Waals surface area contributed by atoms with Crippen molar-refractivity contribution in [2.24, 2.45) is 0 Å². The molecule has 1 fully saturated rings. The van der Waals surface area contributed by atoms with E-state index in [1.54, 1.807) is 0 Å². The summed E-state index contributed by atoms with van der Waals surface area (Å²) >= 11 is 0. The molecule has 6 heteroatoms. The first-order valence-electron chi connectivity index (χ1n) is 18.7. The second kappa shape index (κ2) is 24.3. The predicted molar refractivity (Wildman–Crippen MR) is 182 cm³/mol. The molecule has 2 aliphatic heterocycles. The Balaban J connectivity index is 1.38. The Morgan fingerprint density at radius 1 is 0.636 bits per heavy atom. The van der Waals surface area contributed by atoms with Crippen LogP contribution >= 0.6 is 0 Å². The molecule has 2 heterocycles. The van der Waals surface area contributed by atoms with Gasteiger partial charge in [0.2, 0.25) is 0 Å². The van der Waals surface area contributed by atoms with Crippen LogP contribution in [0.2, 0.25) is 0 Å². The van der Waals surface area contributed by atoms with Crippen LogP contribution < -0.4 is 0 Å². The number of hydrogen-bond acceptors (Lipinski definition) is 6. The molecule has 0 saturated carbocycles. The fourth-order valence-corrected chi connectivity index (χ4v) is 6.88. The maximum absolute atomic E-state index is 10.7. The molecule has 0 radical (unpaired) electrons. The van der Waals surface area contributed by atoms with Crippen LogP contribution in [0.25, 0.3) is 0 Å². The Kier molecular flexibility index (Phi) is 21.7. The molecule has 0 amide bonds. The Labute approximate surface area is 270 Å². The van der Waals surface area contributed by atoms with Crippen molar-refractivity contribution in [2.45, 2.75) is 217 Å². The summed E-state index contributed by atoms with van der Waals surface area (Å²) in [6.45, 7) is 8.15. The van der Waals surface area contributed by atoms with Crippen molar-refractivity contribution in [1.29, 1.82) is 0 Å². The van der Waals surface area contributed by atoms with E-state index in [-0.39, 0.29) is 30.5 Å². The maximum Gasteiger partial charge on any atom is 0.116 e. The quantitative estimate of drug-likeness (QED) is 0.0651. The summed E-state index contributed by atoms with van der Waals surface area (Å²) in [4.78, 5) is 0. The molecule has 2 rings (SSSR count). The minimum absolute atomic E-state index is 0.0573. The number of hydrogen-bond donors (Lipinski definition) is 4. The SMILES string of the molecule is C=C1O[C@@H](C)C=C1C[C@H](O)CCCCC[C@@H](O)CCCCCC[C@H](O)[C@H]1CC[C@@H]([C@@H](O)CCCCCCCCCCCC)O1. The number of aliphatic hydroxyl groups excluding tert-OH is 4. The standard InChI is InChI=1S/C38H70O6/c1-4-5-6-7-8-9-10-11-12-19-24-35(41)37-26-27-38(44-37)36(42)25-20-14-13-16-21-33(39)22-17-15-18-23-34(40)29-32-28-30(2)43-31(32)3/h28,30,33-42H,3-27,29H2,1-2H3/t30-,33-,34+,35-,36-,37-,38+/m0/s1. The molecule has 0 unspecified atom stereocenters. The van der Waals surface area contributed by atoms with E-state index < -0.39 is 12.2 Å². The van der Waals surface area contributed by atoms with Gasteiger partial charge in [-0.3, -0.25) is 0 Å². The molecular weight excluding hydrogens is 552 g/mol. The second-order valence-corrected chi connectivity index (χ2v) is 14.0. The van der Waals surface area contributed by atoms with Gasteiger partial charge >= 0.3 is 0 Å². The van der Waals surface area contributed by atoms with Gasteiger partial charge in [-0.2, -0.15) is 0 Å². The average Bonchev–Trinajstić information content (AvgIpc) is 3.61. The van der Waals surface area contributed by atoms with Gasteiger partial charge in [0, 0.05) is 6.42 Å².